The third-order valence-corrected chi connectivity index (χ3v) is 2.03. The van der Waals surface area contributed by atoms with E-state index in [9.17, 15) is 14.4 Å². The van der Waals surface area contributed by atoms with Gasteiger partial charge < -0.3 is 10.6 Å². The second kappa shape index (κ2) is 3.56. The van der Waals surface area contributed by atoms with Crippen molar-refractivity contribution in [2.45, 2.75) is 12.5 Å². The molecule has 1 saturated heterocycles. The molecule has 1 amide bonds. The summed E-state index contributed by atoms with van der Waals surface area (Å²) in [5.74, 6) is -0.0653. The van der Waals surface area contributed by atoms with Gasteiger partial charge in [0.2, 0.25) is 11.7 Å². The predicted octanol–water partition coefficient (Wildman–Crippen LogP) is -2.24. The Bertz CT molecular complexity index is 490. The van der Waals surface area contributed by atoms with Crippen LogP contribution in [0.3, 0.4) is 0 Å². The zero-order valence-electron chi connectivity index (χ0n) is 7.66. The van der Waals surface area contributed by atoms with E-state index in [0.717, 1.165) is 0 Å². The topological polar surface area (TPSA) is 120 Å². The minimum Gasteiger partial charge on any atom is -0.359 e. The maximum absolute atomic E-state index is 11.2. The molecule has 2 rings (SSSR count). The third-order valence-electron chi connectivity index (χ3n) is 2.03. The summed E-state index contributed by atoms with van der Waals surface area (Å²) in [6.07, 6.45) is 0.292. The van der Waals surface area contributed by atoms with Crippen LogP contribution in [0.2, 0.25) is 0 Å². The Balaban J connectivity index is 2.14. The highest BCUT2D eigenvalue weighted by molar-refractivity contribution is 5.79. The van der Waals surface area contributed by atoms with E-state index in [0.29, 0.717) is 13.0 Å². The fourth-order valence-corrected chi connectivity index (χ4v) is 1.35. The van der Waals surface area contributed by atoms with Crippen LogP contribution in [0.5, 0.6) is 0 Å². The fraction of sp³-hybridized carbons (Fsp3) is 0.429. The average molecular weight is 211 g/mol. The molecule has 8 heteroatoms. The van der Waals surface area contributed by atoms with Crippen molar-refractivity contribution in [1.82, 2.24) is 20.5 Å². The van der Waals surface area contributed by atoms with Crippen LogP contribution in [0.4, 0.5) is 5.82 Å². The molecule has 0 aliphatic carbocycles. The molecule has 1 atom stereocenters. The van der Waals surface area contributed by atoms with Gasteiger partial charge in [0.05, 0.1) is 6.04 Å². The summed E-state index contributed by atoms with van der Waals surface area (Å²) in [4.78, 5) is 34.8. The monoisotopic (exact) mass is 211 g/mol. The zero-order valence-corrected chi connectivity index (χ0v) is 7.66. The second-order valence-electron chi connectivity index (χ2n) is 3.20. The van der Waals surface area contributed by atoms with Gasteiger partial charge in [-0.1, -0.05) is 0 Å². The maximum atomic E-state index is 11.2. The number of rotatable bonds is 2. The van der Waals surface area contributed by atoms with E-state index in [1.54, 1.807) is 0 Å². The van der Waals surface area contributed by atoms with Crippen LogP contribution < -0.4 is 21.9 Å². The number of carbonyl (C=O) groups excluding carboxylic acids is 1. The third kappa shape index (κ3) is 2.03. The van der Waals surface area contributed by atoms with Crippen LogP contribution in [0.15, 0.2) is 9.59 Å². The Hall–Kier alpha value is -2.12. The standard InChI is InChI=1S/C7H9N5O3/c13-4-1-3(2-8-4)9-5-6(14)10-7(15)12-11-5/h3H,1-2H2,(H,8,13)(H,9,11)(H2,10,12,14,15). The van der Waals surface area contributed by atoms with Gasteiger partial charge in [-0.05, 0) is 0 Å². The molecule has 80 valence electrons. The summed E-state index contributed by atoms with van der Waals surface area (Å²) in [7, 11) is 0. The summed E-state index contributed by atoms with van der Waals surface area (Å²) in [5, 5.41) is 11.0. The van der Waals surface area contributed by atoms with Crippen molar-refractivity contribution in [3.63, 3.8) is 0 Å². The molecule has 1 aromatic heterocycles. The van der Waals surface area contributed by atoms with Gasteiger partial charge in [-0.15, -0.1) is 5.10 Å². The number of aromatic amines is 2. The molecule has 0 radical (unpaired) electrons. The van der Waals surface area contributed by atoms with Gasteiger partial charge in [-0.25, -0.2) is 9.89 Å². The fourth-order valence-electron chi connectivity index (χ4n) is 1.35. The molecular formula is C7H9N5O3. The minimum atomic E-state index is -0.661. The Morgan fingerprint density at radius 3 is 2.73 bits per heavy atom. The molecule has 4 N–H and O–H groups in total. The van der Waals surface area contributed by atoms with Gasteiger partial charge in [-0.3, -0.25) is 14.6 Å². The van der Waals surface area contributed by atoms with E-state index in [2.05, 4.69) is 20.8 Å². The normalized spacial score (nSPS) is 20.0. The van der Waals surface area contributed by atoms with Gasteiger partial charge in [0, 0.05) is 13.0 Å². The Morgan fingerprint density at radius 1 is 1.33 bits per heavy atom. The molecule has 2 heterocycles. The van der Waals surface area contributed by atoms with Crippen molar-refractivity contribution in [2.24, 2.45) is 0 Å². The minimum absolute atomic E-state index is 0.0103. The molecule has 1 aromatic rings. The quantitative estimate of drug-likeness (QED) is 0.441. The smallest absolute Gasteiger partial charge is 0.342 e. The molecule has 0 spiro atoms. The number of H-pyrrole nitrogens is 2. The van der Waals surface area contributed by atoms with Gasteiger partial charge in [0.25, 0.3) is 5.56 Å². The summed E-state index contributed by atoms with van der Waals surface area (Å²) in [5.41, 5.74) is -1.26. The van der Waals surface area contributed by atoms with Crippen LogP contribution in [0, 0.1) is 0 Å². The Morgan fingerprint density at radius 2 is 2.13 bits per heavy atom. The molecule has 15 heavy (non-hydrogen) atoms. The van der Waals surface area contributed by atoms with Gasteiger partial charge >= 0.3 is 5.69 Å². The number of nitrogens with zero attached hydrogens (tertiary/aromatic N) is 1. The number of nitrogens with one attached hydrogen (secondary N) is 4. The van der Waals surface area contributed by atoms with Crippen LogP contribution in [0.25, 0.3) is 0 Å². The van der Waals surface area contributed by atoms with Crippen molar-refractivity contribution in [1.29, 1.82) is 0 Å². The van der Waals surface area contributed by atoms with Gasteiger partial charge in [-0.2, -0.15) is 0 Å². The molecule has 0 aromatic carbocycles. The number of hydrogen-bond acceptors (Lipinski definition) is 5. The van der Waals surface area contributed by atoms with E-state index in [1.165, 1.54) is 0 Å². The lowest BCUT2D eigenvalue weighted by molar-refractivity contribution is -0.119. The maximum Gasteiger partial charge on any atom is 0.342 e. The Kier molecular flexibility index (Phi) is 2.24. The summed E-state index contributed by atoms with van der Waals surface area (Å²) >= 11 is 0. The van der Waals surface area contributed by atoms with E-state index in [-0.39, 0.29) is 17.8 Å². The van der Waals surface area contributed by atoms with Crippen molar-refractivity contribution >= 4 is 11.7 Å². The first-order valence-electron chi connectivity index (χ1n) is 4.37. The lowest BCUT2D eigenvalue weighted by Gasteiger charge is -2.08. The molecule has 1 aliphatic rings. The molecule has 1 fully saturated rings. The SMILES string of the molecule is O=C1CC(Nc2n[nH]c(=O)[nH]c2=O)CN1. The number of aromatic nitrogens is 3. The molecule has 1 aliphatic heterocycles. The van der Waals surface area contributed by atoms with Crippen LogP contribution in [-0.2, 0) is 4.79 Å². The highest BCUT2D eigenvalue weighted by Crippen LogP contribution is 2.03. The second-order valence-corrected chi connectivity index (χ2v) is 3.20. The first kappa shape index (κ1) is 9.44. The van der Waals surface area contributed by atoms with Crippen LogP contribution in [0.1, 0.15) is 6.42 Å². The average Bonchev–Trinajstić information content (AvgIpc) is 2.56. The van der Waals surface area contributed by atoms with Crippen molar-refractivity contribution in [3.8, 4) is 0 Å². The van der Waals surface area contributed by atoms with E-state index < -0.39 is 11.2 Å². The van der Waals surface area contributed by atoms with Crippen LogP contribution in [-0.4, -0.2) is 33.7 Å². The molecular weight excluding hydrogens is 202 g/mol. The van der Waals surface area contributed by atoms with Crippen molar-refractivity contribution in [2.75, 3.05) is 11.9 Å². The first-order valence-corrected chi connectivity index (χ1v) is 4.37. The zero-order chi connectivity index (χ0) is 10.8. The summed E-state index contributed by atoms with van der Waals surface area (Å²) < 4.78 is 0. The van der Waals surface area contributed by atoms with Gasteiger partial charge in [0.15, 0.2) is 0 Å². The number of amides is 1. The largest absolute Gasteiger partial charge is 0.359 e. The molecule has 1 unspecified atom stereocenters. The summed E-state index contributed by atoms with van der Waals surface area (Å²) in [6, 6.07) is -0.169. The van der Waals surface area contributed by atoms with E-state index in [4.69, 9.17) is 0 Å². The highest BCUT2D eigenvalue weighted by Gasteiger charge is 2.22. The van der Waals surface area contributed by atoms with E-state index in [1.807, 2.05) is 4.98 Å². The highest BCUT2D eigenvalue weighted by atomic mass is 16.2. The predicted molar refractivity (Wildman–Crippen MR) is 50.5 cm³/mol. The van der Waals surface area contributed by atoms with Crippen molar-refractivity contribution in [3.05, 3.63) is 20.8 Å². The lowest BCUT2D eigenvalue weighted by atomic mass is 10.2. The van der Waals surface area contributed by atoms with Gasteiger partial charge in [0.1, 0.15) is 0 Å². The molecule has 0 bridgehead atoms. The lowest BCUT2D eigenvalue weighted by Crippen LogP contribution is -2.31. The number of carbonyl (C=O) groups is 1. The Labute approximate surface area is 83.1 Å². The number of hydrogen-bond donors (Lipinski definition) is 4. The van der Waals surface area contributed by atoms with Crippen LogP contribution >= 0.6 is 0 Å². The summed E-state index contributed by atoms with van der Waals surface area (Å²) in [6.45, 7) is 0.444. The first-order chi connectivity index (χ1) is 7.15. The van der Waals surface area contributed by atoms with E-state index >= 15 is 0 Å². The molecule has 8 nitrogen and oxygen atoms in total. The number of anilines is 1. The van der Waals surface area contributed by atoms with Crippen molar-refractivity contribution < 1.29 is 4.79 Å². The molecule has 0 saturated carbocycles.